The molecule has 0 amide bonds. The van der Waals surface area contributed by atoms with Gasteiger partial charge >= 0.3 is 5.97 Å². The van der Waals surface area contributed by atoms with E-state index in [1.54, 1.807) is 12.1 Å². The second kappa shape index (κ2) is 9.01. The van der Waals surface area contributed by atoms with Crippen LogP contribution >= 0.6 is 11.8 Å². The Morgan fingerprint density at radius 1 is 1.11 bits per heavy atom. The molecular weight excluding hydrogens is 356 g/mol. The summed E-state index contributed by atoms with van der Waals surface area (Å²) in [5.41, 5.74) is 3.36. The molecule has 1 aliphatic heterocycles. The third-order valence-corrected chi connectivity index (χ3v) is 5.55. The molecule has 1 aliphatic rings. The standard InChI is InChI=1S/C21H20O3S.C2H6/c1-21(2)10-11-25-19-9-7-14(12-17(19)21)4-5-15-6-8-16(20(22)23)18(13-15)24-3;1-2/h6-9,12-13H,10-11H2,1-3H3,(H,22,23);1-2H3. The van der Waals surface area contributed by atoms with Gasteiger partial charge in [-0.15, -0.1) is 11.8 Å². The van der Waals surface area contributed by atoms with Crippen LogP contribution < -0.4 is 4.74 Å². The molecule has 3 nitrogen and oxygen atoms in total. The van der Waals surface area contributed by atoms with Crippen LogP contribution in [0.3, 0.4) is 0 Å². The minimum Gasteiger partial charge on any atom is -0.496 e. The zero-order valence-electron chi connectivity index (χ0n) is 16.6. The SMILES string of the molecule is CC.COc1cc(C#Cc2ccc3c(c2)C(C)(C)CCS3)ccc1C(=O)O. The summed E-state index contributed by atoms with van der Waals surface area (Å²) in [5.74, 6) is 6.76. The molecule has 0 saturated carbocycles. The molecule has 3 rings (SSSR count). The van der Waals surface area contributed by atoms with Gasteiger partial charge in [-0.25, -0.2) is 4.79 Å². The molecule has 142 valence electrons. The van der Waals surface area contributed by atoms with Gasteiger partial charge < -0.3 is 9.84 Å². The van der Waals surface area contributed by atoms with Crippen molar-refractivity contribution >= 4 is 17.7 Å². The van der Waals surface area contributed by atoms with Crippen LogP contribution in [0, 0.1) is 11.8 Å². The first-order valence-corrected chi connectivity index (χ1v) is 10.1. The second-order valence-corrected chi connectivity index (χ2v) is 7.80. The van der Waals surface area contributed by atoms with Crippen LogP contribution in [0.25, 0.3) is 0 Å². The van der Waals surface area contributed by atoms with Crippen molar-refractivity contribution in [2.75, 3.05) is 12.9 Å². The highest BCUT2D eigenvalue weighted by molar-refractivity contribution is 7.99. The smallest absolute Gasteiger partial charge is 0.339 e. The minimum absolute atomic E-state index is 0.139. The average molecular weight is 383 g/mol. The third kappa shape index (κ3) is 4.87. The molecule has 0 unspecified atom stereocenters. The predicted molar refractivity (Wildman–Crippen MR) is 112 cm³/mol. The van der Waals surface area contributed by atoms with Gasteiger partial charge in [0.15, 0.2) is 0 Å². The van der Waals surface area contributed by atoms with Crippen molar-refractivity contribution in [1.29, 1.82) is 0 Å². The number of rotatable bonds is 2. The molecule has 0 saturated heterocycles. The molecule has 0 spiro atoms. The van der Waals surface area contributed by atoms with Crippen LogP contribution in [-0.4, -0.2) is 23.9 Å². The van der Waals surface area contributed by atoms with Crippen LogP contribution in [0.5, 0.6) is 5.75 Å². The fourth-order valence-electron chi connectivity index (χ4n) is 2.90. The van der Waals surface area contributed by atoms with Crippen LogP contribution in [-0.2, 0) is 5.41 Å². The number of thioether (sulfide) groups is 1. The molecule has 0 radical (unpaired) electrons. The summed E-state index contributed by atoms with van der Waals surface area (Å²) in [5, 5.41) is 9.14. The Bertz CT molecular complexity index is 888. The summed E-state index contributed by atoms with van der Waals surface area (Å²) in [6, 6.07) is 11.3. The number of ether oxygens (including phenoxy) is 1. The highest BCUT2D eigenvalue weighted by Crippen LogP contribution is 2.41. The normalized spacial score (nSPS) is 14.0. The van der Waals surface area contributed by atoms with Gasteiger partial charge in [0.25, 0.3) is 0 Å². The highest BCUT2D eigenvalue weighted by atomic mass is 32.2. The Morgan fingerprint density at radius 3 is 2.37 bits per heavy atom. The summed E-state index contributed by atoms with van der Waals surface area (Å²) >= 11 is 1.90. The van der Waals surface area contributed by atoms with Gasteiger partial charge in [0.1, 0.15) is 11.3 Å². The molecule has 0 atom stereocenters. The van der Waals surface area contributed by atoms with Crippen LogP contribution in [0.1, 0.15) is 61.2 Å². The molecule has 1 N–H and O–H groups in total. The van der Waals surface area contributed by atoms with Crippen LogP contribution in [0.4, 0.5) is 0 Å². The maximum absolute atomic E-state index is 11.2. The molecule has 0 aliphatic carbocycles. The number of fused-ring (bicyclic) bond motifs is 1. The van der Waals surface area contributed by atoms with Crippen LogP contribution in [0.2, 0.25) is 0 Å². The van der Waals surface area contributed by atoms with Crippen LogP contribution in [0.15, 0.2) is 41.3 Å². The Labute approximate surface area is 166 Å². The lowest BCUT2D eigenvalue weighted by Crippen LogP contribution is -2.22. The van der Waals surface area contributed by atoms with E-state index in [9.17, 15) is 4.79 Å². The summed E-state index contributed by atoms with van der Waals surface area (Å²) in [6.45, 7) is 8.55. The molecule has 0 aromatic heterocycles. The van der Waals surface area contributed by atoms with Gasteiger partial charge in [-0.05, 0) is 59.6 Å². The first kappa shape index (κ1) is 20.9. The van der Waals surface area contributed by atoms with E-state index < -0.39 is 5.97 Å². The Hall–Kier alpha value is -2.38. The van der Waals surface area contributed by atoms with E-state index in [-0.39, 0.29) is 11.0 Å². The summed E-state index contributed by atoms with van der Waals surface area (Å²) in [7, 11) is 1.46. The Kier molecular flexibility index (Phi) is 6.98. The number of hydrogen-bond acceptors (Lipinski definition) is 3. The van der Waals surface area contributed by atoms with Crippen molar-refractivity contribution in [1.82, 2.24) is 0 Å². The molecule has 2 aromatic carbocycles. The predicted octanol–water partition coefficient (Wildman–Crippen LogP) is 5.59. The lowest BCUT2D eigenvalue weighted by molar-refractivity contribution is 0.0693. The Morgan fingerprint density at radius 2 is 1.74 bits per heavy atom. The maximum Gasteiger partial charge on any atom is 0.339 e. The number of benzene rings is 2. The fraction of sp³-hybridized carbons (Fsp3) is 0.348. The summed E-state index contributed by atoms with van der Waals surface area (Å²) < 4.78 is 5.15. The lowest BCUT2D eigenvalue weighted by Gasteiger charge is -2.32. The molecule has 1 heterocycles. The van der Waals surface area contributed by atoms with E-state index in [0.29, 0.717) is 5.75 Å². The zero-order chi connectivity index (χ0) is 20.0. The van der Waals surface area contributed by atoms with Crippen molar-refractivity contribution in [3.63, 3.8) is 0 Å². The zero-order valence-corrected chi connectivity index (χ0v) is 17.4. The first-order chi connectivity index (χ1) is 12.9. The van der Waals surface area contributed by atoms with E-state index in [4.69, 9.17) is 9.84 Å². The first-order valence-electron chi connectivity index (χ1n) is 9.11. The average Bonchev–Trinajstić information content (AvgIpc) is 2.67. The van der Waals surface area contributed by atoms with E-state index in [1.165, 1.54) is 23.6 Å². The monoisotopic (exact) mass is 382 g/mol. The van der Waals surface area contributed by atoms with Gasteiger partial charge in [-0.3, -0.25) is 0 Å². The quantitative estimate of drug-likeness (QED) is 0.688. The molecule has 2 aromatic rings. The number of methoxy groups -OCH3 is 1. The highest BCUT2D eigenvalue weighted by Gasteiger charge is 2.27. The molecule has 0 fully saturated rings. The van der Waals surface area contributed by atoms with Gasteiger partial charge in [0.05, 0.1) is 7.11 Å². The largest absolute Gasteiger partial charge is 0.496 e. The van der Waals surface area contributed by atoms with Gasteiger partial charge in [0.2, 0.25) is 0 Å². The number of carbonyl (C=O) groups is 1. The summed E-state index contributed by atoms with van der Waals surface area (Å²) in [4.78, 5) is 12.5. The number of aromatic carboxylic acids is 1. The van der Waals surface area contributed by atoms with Crippen molar-refractivity contribution in [3.05, 3.63) is 58.7 Å². The van der Waals surface area contributed by atoms with Crippen molar-refractivity contribution < 1.29 is 14.6 Å². The molecular formula is C23H26O3S. The fourth-order valence-corrected chi connectivity index (χ4v) is 4.39. The number of hydrogen-bond donors (Lipinski definition) is 1. The minimum atomic E-state index is -1.01. The van der Waals surface area contributed by atoms with Gasteiger partial charge in [-0.2, -0.15) is 0 Å². The maximum atomic E-state index is 11.2. The van der Waals surface area contributed by atoms with E-state index >= 15 is 0 Å². The molecule has 4 heteroatoms. The van der Waals surface area contributed by atoms with Gasteiger partial charge in [-0.1, -0.05) is 39.5 Å². The second-order valence-electron chi connectivity index (χ2n) is 6.66. The van der Waals surface area contributed by atoms with E-state index in [0.717, 1.165) is 23.3 Å². The molecule has 0 bridgehead atoms. The Balaban J connectivity index is 0.00000126. The van der Waals surface area contributed by atoms with Crippen molar-refractivity contribution in [2.45, 2.75) is 44.4 Å². The lowest BCUT2D eigenvalue weighted by atomic mass is 9.81. The van der Waals surface area contributed by atoms with Crippen molar-refractivity contribution in [3.8, 4) is 17.6 Å². The van der Waals surface area contributed by atoms with E-state index in [2.05, 4.69) is 37.8 Å². The van der Waals surface area contributed by atoms with Crippen molar-refractivity contribution in [2.24, 2.45) is 0 Å². The molecule has 27 heavy (non-hydrogen) atoms. The van der Waals surface area contributed by atoms with E-state index in [1.807, 2.05) is 31.7 Å². The topological polar surface area (TPSA) is 46.5 Å². The van der Waals surface area contributed by atoms with Gasteiger partial charge in [0, 0.05) is 16.0 Å². The summed E-state index contributed by atoms with van der Waals surface area (Å²) in [6.07, 6.45) is 1.16. The number of carboxylic acids is 1. The number of carboxylic acid groups (broad SMARTS) is 1. The third-order valence-electron chi connectivity index (χ3n) is 4.48.